The van der Waals surface area contributed by atoms with E-state index in [9.17, 15) is 18.3 Å². The molecule has 1 aliphatic carbocycles. The number of carbonyl (C=O) groups excluding carboxylic acids is 1. The van der Waals surface area contributed by atoms with E-state index in [1.54, 1.807) is 0 Å². The van der Waals surface area contributed by atoms with Gasteiger partial charge in [0.05, 0.1) is 18.2 Å². The SMILES string of the molecule is COC(=O)c1ncsc1S(=O)(=O)NCC1(O)CCCCC1. The van der Waals surface area contributed by atoms with Gasteiger partial charge in [-0.05, 0) is 12.8 Å². The molecule has 0 atom stereocenters. The normalized spacial score (nSPS) is 18.4. The molecule has 7 nitrogen and oxygen atoms in total. The molecule has 1 aromatic rings. The maximum Gasteiger partial charge on any atom is 0.358 e. The number of hydrogen-bond donors (Lipinski definition) is 2. The van der Waals surface area contributed by atoms with Crippen molar-refractivity contribution in [2.45, 2.75) is 41.9 Å². The van der Waals surface area contributed by atoms with Crippen LogP contribution in [-0.2, 0) is 14.8 Å². The number of aromatic nitrogens is 1. The molecular weight excluding hydrogens is 316 g/mol. The molecule has 1 fully saturated rings. The Morgan fingerprint density at radius 1 is 1.48 bits per heavy atom. The Balaban J connectivity index is 2.12. The van der Waals surface area contributed by atoms with Crippen LogP contribution in [-0.4, -0.2) is 43.7 Å². The van der Waals surface area contributed by atoms with Crippen molar-refractivity contribution in [3.63, 3.8) is 0 Å². The van der Waals surface area contributed by atoms with Crippen molar-refractivity contribution in [1.29, 1.82) is 0 Å². The molecule has 2 N–H and O–H groups in total. The molecule has 1 aliphatic rings. The number of rotatable bonds is 5. The van der Waals surface area contributed by atoms with Crippen LogP contribution in [0.4, 0.5) is 0 Å². The zero-order valence-electron chi connectivity index (χ0n) is 11.7. The van der Waals surface area contributed by atoms with Gasteiger partial charge in [0.1, 0.15) is 0 Å². The summed E-state index contributed by atoms with van der Waals surface area (Å²) in [6.07, 6.45) is 3.96. The quantitative estimate of drug-likeness (QED) is 0.775. The van der Waals surface area contributed by atoms with E-state index in [2.05, 4.69) is 14.4 Å². The Bertz CT molecular complexity index is 605. The number of esters is 1. The van der Waals surface area contributed by atoms with Gasteiger partial charge in [0.25, 0.3) is 10.0 Å². The molecule has 0 aliphatic heterocycles. The maximum absolute atomic E-state index is 12.3. The Kier molecular flexibility index (Phi) is 4.97. The molecule has 1 aromatic heterocycles. The number of aliphatic hydroxyl groups is 1. The van der Waals surface area contributed by atoms with Gasteiger partial charge in [0, 0.05) is 6.54 Å². The molecular formula is C12H18N2O5S2. The second-order valence-electron chi connectivity index (χ2n) is 5.09. The number of carbonyl (C=O) groups is 1. The van der Waals surface area contributed by atoms with E-state index in [0.717, 1.165) is 37.7 Å². The van der Waals surface area contributed by atoms with Crippen molar-refractivity contribution in [2.24, 2.45) is 0 Å². The second-order valence-corrected chi connectivity index (χ2v) is 7.91. The third-order valence-electron chi connectivity index (χ3n) is 3.53. The minimum absolute atomic E-state index is 0.0617. The lowest BCUT2D eigenvalue weighted by molar-refractivity contribution is 0.00946. The second kappa shape index (κ2) is 6.39. The van der Waals surface area contributed by atoms with Gasteiger partial charge < -0.3 is 9.84 Å². The average Bonchev–Trinajstić information content (AvgIpc) is 2.96. The van der Waals surface area contributed by atoms with Crippen molar-refractivity contribution in [3.05, 3.63) is 11.2 Å². The summed E-state index contributed by atoms with van der Waals surface area (Å²) in [5, 5.41) is 10.3. The summed E-state index contributed by atoms with van der Waals surface area (Å²) in [5.41, 5.74) is 0.0306. The van der Waals surface area contributed by atoms with E-state index in [1.807, 2.05) is 0 Å². The van der Waals surface area contributed by atoms with Gasteiger partial charge in [-0.3, -0.25) is 0 Å². The van der Waals surface area contributed by atoms with Gasteiger partial charge in [0.15, 0.2) is 9.90 Å². The number of hydrogen-bond acceptors (Lipinski definition) is 7. The highest BCUT2D eigenvalue weighted by atomic mass is 32.2. The van der Waals surface area contributed by atoms with Crippen molar-refractivity contribution >= 4 is 27.3 Å². The predicted octanol–water partition coefficient (Wildman–Crippen LogP) is 0.903. The van der Waals surface area contributed by atoms with Crippen LogP contribution >= 0.6 is 11.3 Å². The van der Waals surface area contributed by atoms with Gasteiger partial charge >= 0.3 is 5.97 Å². The Morgan fingerprint density at radius 2 is 2.14 bits per heavy atom. The minimum Gasteiger partial charge on any atom is -0.464 e. The molecule has 1 saturated carbocycles. The molecule has 0 saturated heterocycles. The molecule has 21 heavy (non-hydrogen) atoms. The third-order valence-corrected chi connectivity index (χ3v) is 6.30. The van der Waals surface area contributed by atoms with E-state index in [-0.39, 0.29) is 16.4 Å². The Labute approximate surface area is 127 Å². The van der Waals surface area contributed by atoms with Crippen LogP contribution in [0.15, 0.2) is 9.72 Å². The zero-order valence-corrected chi connectivity index (χ0v) is 13.3. The summed E-state index contributed by atoms with van der Waals surface area (Å²) in [7, 11) is -2.73. The maximum atomic E-state index is 12.3. The number of nitrogens with one attached hydrogen (secondary N) is 1. The lowest BCUT2D eigenvalue weighted by Gasteiger charge is -2.31. The first-order valence-corrected chi connectivity index (χ1v) is 8.98. The largest absolute Gasteiger partial charge is 0.464 e. The van der Waals surface area contributed by atoms with Gasteiger partial charge in [0.2, 0.25) is 0 Å². The number of methoxy groups -OCH3 is 1. The highest BCUT2D eigenvalue weighted by Gasteiger charge is 2.33. The molecule has 9 heteroatoms. The molecule has 1 heterocycles. The van der Waals surface area contributed by atoms with Crippen LogP contribution in [0.3, 0.4) is 0 Å². The monoisotopic (exact) mass is 334 g/mol. The molecule has 0 aromatic carbocycles. The topological polar surface area (TPSA) is 106 Å². The summed E-state index contributed by atoms with van der Waals surface area (Å²) in [6.45, 7) is -0.0617. The molecule has 0 unspecified atom stereocenters. The predicted molar refractivity (Wildman–Crippen MR) is 76.7 cm³/mol. The fourth-order valence-electron chi connectivity index (χ4n) is 2.34. The van der Waals surface area contributed by atoms with Crippen molar-refractivity contribution in [3.8, 4) is 0 Å². The molecule has 118 valence electrons. The first-order chi connectivity index (χ1) is 9.88. The van der Waals surface area contributed by atoms with E-state index < -0.39 is 21.6 Å². The van der Waals surface area contributed by atoms with Gasteiger partial charge in [-0.15, -0.1) is 11.3 Å². The van der Waals surface area contributed by atoms with Crippen molar-refractivity contribution < 1.29 is 23.1 Å². The van der Waals surface area contributed by atoms with Crippen LogP contribution in [0.1, 0.15) is 42.6 Å². The van der Waals surface area contributed by atoms with E-state index in [0.29, 0.717) is 12.8 Å². The van der Waals surface area contributed by atoms with Crippen LogP contribution in [0.2, 0.25) is 0 Å². The van der Waals surface area contributed by atoms with E-state index >= 15 is 0 Å². The summed E-state index contributed by atoms with van der Waals surface area (Å²) in [6, 6.07) is 0. The molecule has 0 radical (unpaired) electrons. The molecule has 0 spiro atoms. The van der Waals surface area contributed by atoms with Gasteiger partial charge in [-0.25, -0.2) is 22.9 Å². The number of thiazole rings is 1. The van der Waals surface area contributed by atoms with Gasteiger partial charge in [-0.2, -0.15) is 0 Å². The molecule has 2 rings (SSSR count). The van der Waals surface area contributed by atoms with Crippen LogP contribution in [0.5, 0.6) is 0 Å². The fraction of sp³-hybridized carbons (Fsp3) is 0.667. The minimum atomic E-state index is -3.90. The zero-order chi connectivity index (χ0) is 15.5. The van der Waals surface area contributed by atoms with Crippen molar-refractivity contribution in [1.82, 2.24) is 9.71 Å². The lowest BCUT2D eigenvalue weighted by atomic mass is 9.85. The van der Waals surface area contributed by atoms with Crippen LogP contribution in [0, 0.1) is 0 Å². The molecule has 0 bridgehead atoms. The summed E-state index contributed by atoms with van der Waals surface area (Å²) < 4.78 is 31.2. The summed E-state index contributed by atoms with van der Waals surface area (Å²) in [5.74, 6) is -0.798. The average molecular weight is 334 g/mol. The Hall–Kier alpha value is -1.03. The lowest BCUT2D eigenvalue weighted by Crippen LogP contribution is -2.44. The highest BCUT2D eigenvalue weighted by Crippen LogP contribution is 2.28. The summed E-state index contributed by atoms with van der Waals surface area (Å²) in [4.78, 5) is 15.2. The van der Waals surface area contributed by atoms with Gasteiger partial charge in [-0.1, -0.05) is 19.3 Å². The first-order valence-electron chi connectivity index (χ1n) is 6.62. The van der Waals surface area contributed by atoms with E-state index in [1.165, 1.54) is 5.51 Å². The third kappa shape index (κ3) is 3.79. The smallest absolute Gasteiger partial charge is 0.358 e. The van der Waals surface area contributed by atoms with Crippen LogP contribution < -0.4 is 4.72 Å². The highest BCUT2D eigenvalue weighted by molar-refractivity contribution is 7.91. The standard InChI is InChI=1S/C12H18N2O5S2/c1-19-10(15)9-11(20-8-13-9)21(17,18)14-7-12(16)5-3-2-4-6-12/h8,14,16H,2-7H2,1H3. The molecule has 0 amide bonds. The number of nitrogens with zero attached hydrogens (tertiary/aromatic N) is 1. The number of ether oxygens (including phenoxy) is 1. The fourth-order valence-corrected chi connectivity index (χ4v) is 4.63. The van der Waals surface area contributed by atoms with E-state index in [4.69, 9.17) is 0 Å². The number of sulfonamides is 1. The van der Waals surface area contributed by atoms with Crippen molar-refractivity contribution in [2.75, 3.05) is 13.7 Å². The Morgan fingerprint density at radius 3 is 2.76 bits per heavy atom. The summed E-state index contributed by atoms with van der Waals surface area (Å²) >= 11 is 0.842. The first kappa shape index (κ1) is 16.3. The van der Waals surface area contributed by atoms with Crippen LogP contribution in [0.25, 0.3) is 0 Å².